The van der Waals surface area contributed by atoms with E-state index in [1.165, 1.54) is 31.4 Å². The van der Waals surface area contributed by atoms with Crippen molar-refractivity contribution in [3.05, 3.63) is 0 Å². The molecular weight excluding hydrogens is 278 g/mol. The van der Waals surface area contributed by atoms with Gasteiger partial charge in [0, 0.05) is 25.1 Å². The molecule has 0 fully saturated rings. The molecule has 1 atom stereocenters. The van der Waals surface area contributed by atoms with Gasteiger partial charge in [-0.25, -0.2) is 4.79 Å². The summed E-state index contributed by atoms with van der Waals surface area (Å²) in [6.45, 7) is 7.65. The predicted octanol–water partition coefficient (Wildman–Crippen LogP) is 4.67. The van der Waals surface area contributed by atoms with Gasteiger partial charge in [0.1, 0.15) is 6.61 Å². The van der Waals surface area contributed by atoms with Gasteiger partial charge in [0.05, 0.1) is 0 Å². The summed E-state index contributed by atoms with van der Waals surface area (Å²) in [6.07, 6.45) is 5.02. The maximum atomic E-state index is 11.4. The summed E-state index contributed by atoms with van der Waals surface area (Å²) in [7, 11) is 5.48. The molecule has 0 aliphatic carbocycles. The maximum absolute atomic E-state index is 11.4. The Morgan fingerprint density at radius 1 is 1.26 bits per heavy atom. The fourth-order valence-electron chi connectivity index (χ4n) is 1.50. The second-order valence-electron chi connectivity index (χ2n) is 4.65. The van der Waals surface area contributed by atoms with Gasteiger partial charge in [-0.05, 0) is 19.3 Å². The summed E-state index contributed by atoms with van der Waals surface area (Å²) in [4.78, 5) is 12.9. The minimum atomic E-state index is -0.220. The summed E-state index contributed by atoms with van der Waals surface area (Å²) in [5.74, 6) is 2.92. The van der Waals surface area contributed by atoms with E-state index < -0.39 is 0 Å². The quantitative estimate of drug-likeness (QED) is 0.410. The van der Waals surface area contributed by atoms with Gasteiger partial charge in [0.25, 0.3) is 0 Å². The lowest BCUT2D eigenvalue weighted by molar-refractivity contribution is 0.119. The van der Waals surface area contributed by atoms with E-state index in [2.05, 4.69) is 13.8 Å². The number of unbranched alkanes of at least 4 members (excludes halogenated alkanes) is 1. The van der Waals surface area contributed by atoms with E-state index in [0.29, 0.717) is 13.2 Å². The van der Waals surface area contributed by atoms with Crippen molar-refractivity contribution in [1.29, 1.82) is 0 Å². The van der Waals surface area contributed by atoms with Crippen molar-refractivity contribution in [3.63, 3.8) is 0 Å². The SMILES string of the molecule is CCCC[C@H](CC)CSSCCOC(=O)N(C)CC. The van der Waals surface area contributed by atoms with E-state index in [1.807, 2.05) is 28.5 Å². The van der Waals surface area contributed by atoms with E-state index >= 15 is 0 Å². The lowest BCUT2D eigenvalue weighted by Gasteiger charge is -2.15. The van der Waals surface area contributed by atoms with Crippen LogP contribution in [0.15, 0.2) is 0 Å². The first-order chi connectivity index (χ1) is 9.15. The second-order valence-corrected chi connectivity index (χ2v) is 7.28. The molecule has 0 rings (SSSR count). The Kier molecular flexibility index (Phi) is 13.0. The van der Waals surface area contributed by atoms with Gasteiger partial charge in [-0.2, -0.15) is 0 Å². The molecule has 0 aromatic heterocycles. The molecule has 114 valence electrons. The Morgan fingerprint density at radius 3 is 2.58 bits per heavy atom. The number of hydrogen-bond donors (Lipinski definition) is 0. The highest BCUT2D eigenvalue weighted by molar-refractivity contribution is 8.76. The number of nitrogens with zero attached hydrogens (tertiary/aromatic N) is 1. The van der Waals surface area contributed by atoms with Crippen molar-refractivity contribution >= 4 is 27.7 Å². The van der Waals surface area contributed by atoms with Crippen LogP contribution in [-0.4, -0.2) is 42.7 Å². The monoisotopic (exact) mass is 307 g/mol. The molecule has 0 saturated heterocycles. The molecule has 0 aliphatic heterocycles. The number of amides is 1. The van der Waals surface area contributed by atoms with Crippen molar-refractivity contribution in [1.82, 2.24) is 4.90 Å². The van der Waals surface area contributed by atoms with Gasteiger partial charge < -0.3 is 9.64 Å². The Morgan fingerprint density at radius 2 is 2.00 bits per heavy atom. The number of carbonyl (C=O) groups is 1. The summed E-state index contributed by atoms with van der Waals surface area (Å²) in [5.41, 5.74) is 0. The smallest absolute Gasteiger partial charge is 0.409 e. The fraction of sp³-hybridized carbons (Fsp3) is 0.929. The highest BCUT2D eigenvalue weighted by Crippen LogP contribution is 2.27. The first-order valence-electron chi connectivity index (χ1n) is 7.27. The Bertz CT molecular complexity index is 227. The van der Waals surface area contributed by atoms with Crippen LogP contribution in [0.2, 0.25) is 0 Å². The zero-order valence-electron chi connectivity index (χ0n) is 12.8. The fourth-order valence-corrected chi connectivity index (χ4v) is 3.89. The van der Waals surface area contributed by atoms with Gasteiger partial charge in [-0.3, -0.25) is 0 Å². The molecule has 0 N–H and O–H groups in total. The number of hydrogen-bond acceptors (Lipinski definition) is 4. The second kappa shape index (κ2) is 13.0. The van der Waals surface area contributed by atoms with Gasteiger partial charge in [-0.15, -0.1) is 0 Å². The van der Waals surface area contributed by atoms with Crippen molar-refractivity contribution in [2.75, 3.05) is 31.7 Å². The Balaban J connectivity index is 3.46. The minimum Gasteiger partial charge on any atom is -0.449 e. The molecule has 0 bridgehead atoms. The number of carbonyl (C=O) groups excluding carboxylic acids is 1. The summed E-state index contributed by atoms with van der Waals surface area (Å²) in [5, 5.41) is 0. The van der Waals surface area contributed by atoms with Crippen LogP contribution >= 0.6 is 21.6 Å². The minimum absolute atomic E-state index is 0.220. The van der Waals surface area contributed by atoms with Crippen LogP contribution in [0.4, 0.5) is 4.79 Å². The summed E-state index contributed by atoms with van der Waals surface area (Å²) < 4.78 is 5.15. The molecule has 0 radical (unpaired) electrons. The van der Waals surface area contributed by atoms with Crippen LogP contribution in [0.25, 0.3) is 0 Å². The molecule has 0 unspecified atom stereocenters. The Labute approximate surface area is 126 Å². The topological polar surface area (TPSA) is 29.5 Å². The molecule has 0 heterocycles. The van der Waals surface area contributed by atoms with Crippen molar-refractivity contribution in [2.45, 2.75) is 46.5 Å². The number of rotatable bonds is 11. The number of ether oxygens (including phenoxy) is 1. The Hall–Kier alpha value is -0.0300. The summed E-state index contributed by atoms with van der Waals surface area (Å²) >= 11 is 0. The van der Waals surface area contributed by atoms with E-state index in [9.17, 15) is 4.79 Å². The zero-order chi connectivity index (χ0) is 14.5. The van der Waals surface area contributed by atoms with Crippen molar-refractivity contribution in [2.24, 2.45) is 5.92 Å². The molecule has 0 aromatic rings. The molecule has 0 saturated carbocycles. The van der Waals surface area contributed by atoms with E-state index in [1.54, 1.807) is 11.9 Å². The van der Waals surface area contributed by atoms with E-state index in [-0.39, 0.29) is 6.09 Å². The summed E-state index contributed by atoms with van der Waals surface area (Å²) in [6, 6.07) is 0. The first kappa shape index (κ1) is 19.0. The van der Waals surface area contributed by atoms with Crippen LogP contribution in [0.1, 0.15) is 46.5 Å². The van der Waals surface area contributed by atoms with Crippen LogP contribution in [0, 0.1) is 5.92 Å². The largest absolute Gasteiger partial charge is 0.449 e. The van der Waals surface area contributed by atoms with Gasteiger partial charge >= 0.3 is 6.09 Å². The average Bonchev–Trinajstić information content (AvgIpc) is 2.44. The molecule has 19 heavy (non-hydrogen) atoms. The molecular formula is C14H29NO2S2. The first-order valence-corrected chi connectivity index (χ1v) is 9.76. The van der Waals surface area contributed by atoms with Crippen LogP contribution < -0.4 is 0 Å². The van der Waals surface area contributed by atoms with E-state index in [4.69, 9.17) is 4.74 Å². The van der Waals surface area contributed by atoms with Crippen LogP contribution in [-0.2, 0) is 4.74 Å². The maximum Gasteiger partial charge on any atom is 0.409 e. The third-order valence-electron chi connectivity index (χ3n) is 3.11. The van der Waals surface area contributed by atoms with Gasteiger partial charge in [0.2, 0.25) is 0 Å². The standard InChI is InChI=1S/C14H29NO2S2/c1-5-8-9-13(6-2)12-19-18-11-10-17-14(16)15(4)7-3/h13H,5-12H2,1-4H3/t13-/m0/s1. The van der Waals surface area contributed by atoms with Crippen LogP contribution in [0.5, 0.6) is 0 Å². The van der Waals surface area contributed by atoms with Crippen LogP contribution in [0.3, 0.4) is 0 Å². The molecule has 3 nitrogen and oxygen atoms in total. The lowest BCUT2D eigenvalue weighted by atomic mass is 10.0. The molecule has 0 aliphatic rings. The lowest BCUT2D eigenvalue weighted by Crippen LogP contribution is -2.27. The molecule has 0 aromatic carbocycles. The third kappa shape index (κ3) is 10.4. The molecule has 1 amide bonds. The molecule has 0 spiro atoms. The highest BCUT2D eigenvalue weighted by atomic mass is 33.1. The van der Waals surface area contributed by atoms with E-state index in [0.717, 1.165) is 11.7 Å². The zero-order valence-corrected chi connectivity index (χ0v) is 14.4. The predicted molar refractivity (Wildman–Crippen MR) is 87.9 cm³/mol. The molecule has 5 heteroatoms. The highest BCUT2D eigenvalue weighted by Gasteiger charge is 2.08. The van der Waals surface area contributed by atoms with Gasteiger partial charge in [-0.1, -0.05) is 54.7 Å². The van der Waals surface area contributed by atoms with Gasteiger partial charge in [0.15, 0.2) is 0 Å². The average molecular weight is 308 g/mol. The van der Waals surface area contributed by atoms with Crippen molar-refractivity contribution < 1.29 is 9.53 Å². The normalized spacial score (nSPS) is 12.2. The third-order valence-corrected chi connectivity index (χ3v) is 5.62. The van der Waals surface area contributed by atoms with Crippen molar-refractivity contribution in [3.8, 4) is 0 Å².